The van der Waals surface area contributed by atoms with Gasteiger partial charge in [0, 0.05) is 38.4 Å². The Morgan fingerprint density at radius 1 is 1.41 bits per heavy atom. The number of methoxy groups -OCH3 is 1. The Balaban J connectivity index is 2.00. The van der Waals surface area contributed by atoms with Crippen LogP contribution in [0.2, 0.25) is 0 Å². The van der Waals surface area contributed by atoms with E-state index >= 15 is 0 Å². The Hall–Kier alpha value is -2.05. The Morgan fingerprint density at radius 2 is 2.12 bits per heavy atom. The second-order valence-electron chi connectivity index (χ2n) is 3.70. The number of carbonyl (C=O) groups excluding carboxylic acids is 1. The van der Waals surface area contributed by atoms with Crippen molar-refractivity contribution >= 4 is 12.0 Å². The Kier molecular flexibility index (Phi) is 3.27. The first-order chi connectivity index (χ1) is 8.20. The zero-order chi connectivity index (χ0) is 12.3. The Morgan fingerprint density at radius 3 is 2.71 bits per heavy atom. The lowest BCUT2D eigenvalue weighted by molar-refractivity contribution is 0.121. The highest BCUT2D eigenvalue weighted by Gasteiger charge is 2.22. The predicted octanol–water partition coefficient (Wildman–Crippen LogP) is -0.342. The van der Waals surface area contributed by atoms with Crippen LogP contribution >= 0.6 is 0 Å². The van der Waals surface area contributed by atoms with Crippen molar-refractivity contribution in [1.82, 2.24) is 14.9 Å². The summed E-state index contributed by atoms with van der Waals surface area (Å²) in [6, 6.07) is 1.37. The Bertz CT molecular complexity index is 451. The molecule has 1 aliphatic rings. The van der Waals surface area contributed by atoms with Crippen molar-refractivity contribution in [2.24, 2.45) is 0 Å². The standard InChI is InChI=1S/C10H14N4O3/c1-17-10(16)14-6-4-13(5-7-14)9-11-3-2-8(15)12-9/h2-3H,4-7H2,1H3,(H,11,12,15). The molecule has 0 aromatic carbocycles. The lowest BCUT2D eigenvalue weighted by Gasteiger charge is -2.33. The number of piperazine rings is 1. The van der Waals surface area contributed by atoms with Crippen LogP contribution in [-0.2, 0) is 4.74 Å². The van der Waals surface area contributed by atoms with E-state index < -0.39 is 0 Å². The molecule has 1 aromatic heterocycles. The third-order valence-electron chi connectivity index (χ3n) is 2.67. The van der Waals surface area contributed by atoms with Crippen molar-refractivity contribution in [2.45, 2.75) is 0 Å². The number of carbonyl (C=O) groups is 1. The van der Waals surface area contributed by atoms with Crippen molar-refractivity contribution in [3.05, 3.63) is 22.6 Å². The minimum atomic E-state index is -0.320. The van der Waals surface area contributed by atoms with Gasteiger partial charge in [0.05, 0.1) is 7.11 Å². The van der Waals surface area contributed by atoms with Gasteiger partial charge in [-0.1, -0.05) is 0 Å². The van der Waals surface area contributed by atoms with E-state index in [0.717, 1.165) is 0 Å². The molecule has 1 aliphatic heterocycles. The molecule has 0 bridgehead atoms. The maximum absolute atomic E-state index is 11.3. The van der Waals surface area contributed by atoms with E-state index in [1.807, 2.05) is 4.90 Å². The van der Waals surface area contributed by atoms with Crippen LogP contribution in [-0.4, -0.2) is 54.2 Å². The molecule has 2 rings (SSSR count). The lowest BCUT2D eigenvalue weighted by Crippen LogP contribution is -2.49. The van der Waals surface area contributed by atoms with Crippen LogP contribution in [0, 0.1) is 0 Å². The molecular weight excluding hydrogens is 224 g/mol. The van der Waals surface area contributed by atoms with Gasteiger partial charge in [0.25, 0.3) is 5.56 Å². The summed E-state index contributed by atoms with van der Waals surface area (Å²) < 4.78 is 4.64. The molecule has 1 fully saturated rings. The van der Waals surface area contributed by atoms with Gasteiger partial charge in [0.1, 0.15) is 0 Å². The van der Waals surface area contributed by atoms with Crippen molar-refractivity contribution in [1.29, 1.82) is 0 Å². The minimum Gasteiger partial charge on any atom is -0.453 e. The van der Waals surface area contributed by atoms with Gasteiger partial charge in [0.2, 0.25) is 5.95 Å². The highest BCUT2D eigenvalue weighted by atomic mass is 16.5. The molecule has 0 aliphatic carbocycles. The minimum absolute atomic E-state index is 0.176. The molecule has 0 unspecified atom stereocenters. The maximum Gasteiger partial charge on any atom is 0.409 e. The second kappa shape index (κ2) is 4.86. The monoisotopic (exact) mass is 238 g/mol. The molecule has 0 atom stereocenters. The van der Waals surface area contributed by atoms with Crippen LogP contribution in [0.15, 0.2) is 17.1 Å². The molecule has 1 aromatic rings. The van der Waals surface area contributed by atoms with E-state index in [9.17, 15) is 9.59 Å². The van der Waals surface area contributed by atoms with Gasteiger partial charge in [-0.3, -0.25) is 9.78 Å². The molecule has 17 heavy (non-hydrogen) atoms. The summed E-state index contributed by atoms with van der Waals surface area (Å²) in [6.45, 7) is 2.38. The first-order valence-corrected chi connectivity index (χ1v) is 5.34. The van der Waals surface area contributed by atoms with Gasteiger partial charge < -0.3 is 14.5 Å². The highest BCUT2D eigenvalue weighted by Crippen LogP contribution is 2.09. The first-order valence-electron chi connectivity index (χ1n) is 5.34. The fraction of sp³-hybridized carbons (Fsp3) is 0.500. The van der Waals surface area contributed by atoms with Gasteiger partial charge in [-0.25, -0.2) is 9.78 Å². The van der Waals surface area contributed by atoms with Crippen molar-refractivity contribution in [3.63, 3.8) is 0 Å². The molecule has 0 radical (unpaired) electrons. The molecule has 7 nitrogen and oxygen atoms in total. The quantitative estimate of drug-likeness (QED) is 0.724. The van der Waals surface area contributed by atoms with Gasteiger partial charge in [-0.15, -0.1) is 0 Å². The summed E-state index contributed by atoms with van der Waals surface area (Å²) in [4.78, 5) is 32.7. The van der Waals surface area contributed by atoms with Crippen LogP contribution in [0.3, 0.4) is 0 Å². The van der Waals surface area contributed by atoms with Crippen LogP contribution < -0.4 is 10.5 Å². The molecule has 0 saturated carbocycles. The van der Waals surface area contributed by atoms with Gasteiger partial charge >= 0.3 is 6.09 Å². The smallest absolute Gasteiger partial charge is 0.409 e. The zero-order valence-electron chi connectivity index (χ0n) is 9.55. The third kappa shape index (κ3) is 2.55. The van der Waals surface area contributed by atoms with E-state index in [4.69, 9.17) is 0 Å². The summed E-state index contributed by atoms with van der Waals surface area (Å²) in [6.07, 6.45) is 1.15. The summed E-state index contributed by atoms with van der Waals surface area (Å²) in [5.41, 5.74) is -0.176. The van der Waals surface area contributed by atoms with Crippen molar-refractivity contribution < 1.29 is 9.53 Å². The van der Waals surface area contributed by atoms with Gasteiger partial charge in [-0.05, 0) is 0 Å². The molecule has 1 saturated heterocycles. The number of hydrogen-bond donors (Lipinski definition) is 1. The molecule has 2 heterocycles. The molecule has 1 N–H and O–H groups in total. The van der Waals surface area contributed by atoms with E-state index in [0.29, 0.717) is 32.1 Å². The number of ether oxygens (including phenoxy) is 1. The van der Waals surface area contributed by atoms with Gasteiger partial charge in [-0.2, -0.15) is 0 Å². The predicted molar refractivity (Wildman–Crippen MR) is 61.0 cm³/mol. The largest absolute Gasteiger partial charge is 0.453 e. The topological polar surface area (TPSA) is 78.5 Å². The fourth-order valence-electron chi connectivity index (χ4n) is 1.75. The zero-order valence-corrected chi connectivity index (χ0v) is 9.55. The van der Waals surface area contributed by atoms with Crippen LogP contribution in [0.25, 0.3) is 0 Å². The lowest BCUT2D eigenvalue weighted by atomic mass is 10.3. The summed E-state index contributed by atoms with van der Waals surface area (Å²) in [5.74, 6) is 0.544. The molecule has 92 valence electrons. The summed E-state index contributed by atoms with van der Waals surface area (Å²) >= 11 is 0. The van der Waals surface area contributed by atoms with E-state index in [-0.39, 0.29) is 11.7 Å². The van der Waals surface area contributed by atoms with Crippen LogP contribution in [0.1, 0.15) is 0 Å². The highest BCUT2D eigenvalue weighted by molar-refractivity contribution is 5.67. The number of anilines is 1. The average Bonchev–Trinajstić information content (AvgIpc) is 2.38. The number of nitrogens with one attached hydrogen (secondary N) is 1. The van der Waals surface area contributed by atoms with E-state index in [1.54, 1.807) is 4.90 Å². The van der Waals surface area contributed by atoms with Crippen molar-refractivity contribution in [2.75, 3.05) is 38.2 Å². The van der Waals surface area contributed by atoms with Crippen LogP contribution in [0.4, 0.5) is 10.7 Å². The van der Waals surface area contributed by atoms with Crippen molar-refractivity contribution in [3.8, 4) is 0 Å². The average molecular weight is 238 g/mol. The third-order valence-corrected chi connectivity index (χ3v) is 2.67. The SMILES string of the molecule is COC(=O)N1CCN(c2nccc(=O)[nH]2)CC1. The maximum atomic E-state index is 11.3. The summed E-state index contributed by atoms with van der Waals surface area (Å²) in [5, 5.41) is 0. The first kappa shape index (κ1) is 11.4. The normalized spacial score (nSPS) is 15.8. The molecule has 0 spiro atoms. The number of rotatable bonds is 1. The van der Waals surface area contributed by atoms with E-state index in [1.165, 1.54) is 19.4 Å². The number of hydrogen-bond acceptors (Lipinski definition) is 5. The van der Waals surface area contributed by atoms with Crippen LogP contribution in [0.5, 0.6) is 0 Å². The van der Waals surface area contributed by atoms with Gasteiger partial charge in [0.15, 0.2) is 0 Å². The molecule has 1 amide bonds. The number of amides is 1. The van der Waals surface area contributed by atoms with E-state index in [2.05, 4.69) is 14.7 Å². The number of aromatic amines is 1. The molecular formula is C10H14N4O3. The number of H-pyrrole nitrogens is 1. The Labute approximate surface area is 98.0 Å². The fourth-order valence-corrected chi connectivity index (χ4v) is 1.75. The molecule has 7 heteroatoms. The number of aromatic nitrogens is 2. The number of nitrogens with zero attached hydrogens (tertiary/aromatic N) is 3. The summed E-state index contributed by atoms with van der Waals surface area (Å²) in [7, 11) is 1.37. The second-order valence-corrected chi connectivity index (χ2v) is 3.70.